The van der Waals surface area contributed by atoms with E-state index in [9.17, 15) is 18.0 Å². The molecular formula is C24H24N4O6S. The van der Waals surface area contributed by atoms with Crippen molar-refractivity contribution < 1.29 is 27.5 Å². The van der Waals surface area contributed by atoms with Crippen LogP contribution in [0.25, 0.3) is 0 Å². The van der Waals surface area contributed by atoms with Crippen molar-refractivity contribution in [3.8, 4) is 5.75 Å². The molecule has 0 aromatic heterocycles. The molecule has 0 aliphatic rings. The third-order valence-electron chi connectivity index (χ3n) is 4.59. The highest BCUT2D eigenvalue weighted by Crippen LogP contribution is 2.20. The third kappa shape index (κ3) is 7.73. The van der Waals surface area contributed by atoms with Crippen LogP contribution in [0.15, 0.2) is 94.0 Å². The van der Waals surface area contributed by atoms with Gasteiger partial charge in [-0.25, -0.2) is 8.42 Å². The van der Waals surface area contributed by atoms with Crippen LogP contribution in [0, 0.1) is 0 Å². The molecule has 0 aliphatic heterocycles. The van der Waals surface area contributed by atoms with Gasteiger partial charge in [-0.15, -0.1) is 0 Å². The summed E-state index contributed by atoms with van der Waals surface area (Å²) >= 11 is 0. The first kappa shape index (κ1) is 25.5. The van der Waals surface area contributed by atoms with Crippen LogP contribution in [0.3, 0.4) is 0 Å². The SMILES string of the molecule is COc1ccc(S(=O)(=O)NC(C)C(=O)OCC(=O)Nc2ccc(N=Nc3ccccc3)cc2)cc1. The predicted octanol–water partition coefficient (Wildman–Crippen LogP) is 3.96. The van der Waals surface area contributed by atoms with Gasteiger partial charge in [-0.05, 0) is 67.6 Å². The molecule has 0 saturated carbocycles. The summed E-state index contributed by atoms with van der Waals surface area (Å²) in [6.07, 6.45) is 0. The van der Waals surface area contributed by atoms with Crippen molar-refractivity contribution in [3.63, 3.8) is 0 Å². The van der Waals surface area contributed by atoms with Gasteiger partial charge >= 0.3 is 5.97 Å². The van der Waals surface area contributed by atoms with Crippen molar-refractivity contribution >= 4 is 39.0 Å². The molecular weight excluding hydrogens is 472 g/mol. The molecule has 35 heavy (non-hydrogen) atoms. The molecule has 10 nitrogen and oxygen atoms in total. The minimum Gasteiger partial charge on any atom is -0.497 e. The van der Waals surface area contributed by atoms with E-state index in [2.05, 4.69) is 20.3 Å². The Labute approximate surface area is 203 Å². The number of azo groups is 1. The minimum absolute atomic E-state index is 0.0394. The van der Waals surface area contributed by atoms with Crippen molar-refractivity contribution in [1.29, 1.82) is 0 Å². The Kier molecular flexibility index (Phi) is 8.65. The summed E-state index contributed by atoms with van der Waals surface area (Å²) in [5.41, 5.74) is 1.78. The number of rotatable bonds is 10. The first-order valence-corrected chi connectivity index (χ1v) is 11.9. The quantitative estimate of drug-likeness (QED) is 0.322. The van der Waals surface area contributed by atoms with Crippen molar-refractivity contribution in [2.24, 2.45) is 10.2 Å². The summed E-state index contributed by atoms with van der Waals surface area (Å²) < 4.78 is 37.0. The fourth-order valence-electron chi connectivity index (χ4n) is 2.78. The molecule has 0 radical (unpaired) electrons. The highest BCUT2D eigenvalue weighted by atomic mass is 32.2. The lowest BCUT2D eigenvalue weighted by Crippen LogP contribution is -2.40. The largest absolute Gasteiger partial charge is 0.497 e. The van der Waals surface area contributed by atoms with Crippen molar-refractivity contribution in [2.45, 2.75) is 17.9 Å². The first-order valence-electron chi connectivity index (χ1n) is 10.5. The van der Waals surface area contributed by atoms with Crippen LogP contribution in [0.2, 0.25) is 0 Å². The van der Waals surface area contributed by atoms with Crippen LogP contribution in [0.4, 0.5) is 17.1 Å². The number of carbonyl (C=O) groups is 2. The Morgan fingerprint density at radius 2 is 1.49 bits per heavy atom. The number of nitrogens with zero attached hydrogens (tertiary/aromatic N) is 2. The molecule has 2 N–H and O–H groups in total. The lowest BCUT2D eigenvalue weighted by molar-refractivity contribution is -0.148. The monoisotopic (exact) mass is 496 g/mol. The molecule has 1 amide bonds. The van der Waals surface area contributed by atoms with Gasteiger partial charge in [0.15, 0.2) is 6.61 Å². The molecule has 1 atom stereocenters. The summed E-state index contributed by atoms with van der Waals surface area (Å²) in [6.45, 7) is 0.743. The molecule has 0 bridgehead atoms. The van der Waals surface area contributed by atoms with Crippen molar-refractivity contribution in [3.05, 3.63) is 78.9 Å². The van der Waals surface area contributed by atoms with E-state index in [0.29, 0.717) is 22.8 Å². The van der Waals surface area contributed by atoms with Gasteiger partial charge in [0.05, 0.1) is 23.4 Å². The lowest BCUT2D eigenvalue weighted by atomic mass is 10.3. The van der Waals surface area contributed by atoms with E-state index in [1.165, 1.54) is 38.3 Å². The number of hydrogen-bond acceptors (Lipinski definition) is 8. The van der Waals surface area contributed by atoms with Crippen LogP contribution in [0.5, 0.6) is 5.75 Å². The maximum atomic E-state index is 12.4. The van der Waals surface area contributed by atoms with E-state index in [4.69, 9.17) is 9.47 Å². The average molecular weight is 497 g/mol. The van der Waals surface area contributed by atoms with Crippen molar-refractivity contribution in [1.82, 2.24) is 4.72 Å². The lowest BCUT2D eigenvalue weighted by Gasteiger charge is -2.14. The van der Waals surface area contributed by atoms with E-state index in [-0.39, 0.29) is 4.90 Å². The van der Waals surface area contributed by atoms with Crippen LogP contribution < -0.4 is 14.8 Å². The zero-order chi connectivity index (χ0) is 25.3. The molecule has 0 aliphatic carbocycles. The summed E-state index contributed by atoms with van der Waals surface area (Å²) in [5.74, 6) is -0.982. The predicted molar refractivity (Wildman–Crippen MR) is 129 cm³/mol. The highest BCUT2D eigenvalue weighted by Gasteiger charge is 2.23. The Balaban J connectivity index is 1.47. The summed E-state index contributed by atoms with van der Waals surface area (Å²) in [7, 11) is -2.50. The molecule has 0 spiro atoms. The number of sulfonamides is 1. The van der Waals surface area contributed by atoms with E-state index in [0.717, 1.165) is 0 Å². The Morgan fingerprint density at radius 1 is 0.886 bits per heavy atom. The number of methoxy groups -OCH3 is 1. The number of hydrogen-bond donors (Lipinski definition) is 2. The number of benzene rings is 3. The minimum atomic E-state index is -3.97. The van der Waals surface area contributed by atoms with Gasteiger partial charge in [0.2, 0.25) is 10.0 Å². The van der Waals surface area contributed by atoms with E-state index < -0.39 is 34.5 Å². The number of anilines is 1. The molecule has 3 aromatic rings. The number of ether oxygens (including phenoxy) is 2. The number of esters is 1. The third-order valence-corrected chi connectivity index (χ3v) is 6.15. The van der Waals surface area contributed by atoms with Gasteiger partial charge < -0.3 is 14.8 Å². The molecule has 3 rings (SSSR count). The van der Waals surface area contributed by atoms with E-state index >= 15 is 0 Å². The van der Waals surface area contributed by atoms with Gasteiger partial charge in [0.25, 0.3) is 5.91 Å². The number of carbonyl (C=O) groups excluding carboxylic acids is 2. The van der Waals surface area contributed by atoms with Gasteiger partial charge in [-0.3, -0.25) is 9.59 Å². The summed E-state index contributed by atoms with van der Waals surface area (Å²) in [4.78, 5) is 24.3. The fourth-order valence-corrected chi connectivity index (χ4v) is 3.98. The average Bonchev–Trinajstić information content (AvgIpc) is 2.87. The number of amides is 1. The van der Waals surface area contributed by atoms with E-state index in [1.54, 1.807) is 24.3 Å². The second kappa shape index (κ2) is 11.9. The highest BCUT2D eigenvalue weighted by molar-refractivity contribution is 7.89. The van der Waals surface area contributed by atoms with E-state index in [1.807, 2.05) is 30.3 Å². The fraction of sp³-hybridized carbons (Fsp3) is 0.167. The summed E-state index contributed by atoms with van der Waals surface area (Å²) in [6, 6.07) is 20.3. The standard InChI is InChI=1S/C24H24N4O6S/c1-17(28-35(31,32)22-14-12-21(33-2)13-15-22)24(30)34-16-23(29)25-18-8-10-20(11-9-18)27-26-19-6-4-3-5-7-19/h3-15,17,28H,16H2,1-2H3,(H,25,29). The Hall–Kier alpha value is -4.09. The Morgan fingerprint density at radius 3 is 2.09 bits per heavy atom. The molecule has 1 unspecified atom stereocenters. The molecule has 3 aromatic carbocycles. The van der Waals surface area contributed by atoms with Gasteiger partial charge in [-0.2, -0.15) is 15.0 Å². The Bertz CT molecular complexity index is 1280. The first-order chi connectivity index (χ1) is 16.8. The van der Waals surface area contributed by atoms with Gasteiger partial charge in [0.1, 0.15) is 11.8 Å². The molecule has 182 valence electrons. The second-order valence-electron chi connectivity index (χ2n) is 7.26. The van der Waals surface area contributed by atoms with Gasteiger partial charge in [0, 0.05) is 5.69 Å². The normalized spacial score (nSPS) is 12.2. The maximum absolute atomic E-state index is 12.4. The topological polar surface area (TPSA) is 136 Å². The maximum Gasteiger partial charge on any atom is 0.324 e. The molecule has 0 fully saturated rings. The molecule has 11 heteroatoms. The van der Waals surface area contributed by atoms with Gasteiger partial charge in [-0.1, -0.05) is 18.2 Å². The molecule has 0 saturated heterocycles. The summed E-state index contributed by atoms with van der Waals surface area (Å²) in [5, 5.41) is 10.8. The molecule has 0 heterocycles. The zero-order valence-corrected chi connectivity index (χ0v) is 19.9. The van der Waals surface area contributed by atoms with Crippen LogP contribution in [0.1, 0.15) is 6.92 Å². The van der Waals surface area contributed by atoms with Crippen LogP contribution >= 0.6 is 0 Å². The zero-order valence-electron chi connectivity index (χ0n) is 19.0. The smallest absolute Gasteiger partial charge is 0.324 e. The van der Waals surface area contributed by atoms with Crippen LogP contribution in [-0.2, 0) is 24.3 Å². The second-order valence-corrected chi connectivity index (χ2v) is 8.97. The van der Waals surface area contributed by atoms with Crippen LogP contribution in [-0.4, -0.2) is 40.1 Å². The number of nitrogens with one attached hydrogen (secondary N) is 2. The van der Waals surface area contributed by atoms with Crippen molar-refractivity contribution in [2.75, 3.05) is 19.0 Å².